The highest BCUT2D eigenvalue weighted by Crippen LogP contribution is 2.40. The highest BCUT2D eigenvalue weighted by atomic mass is 16.6. The Bertz CT molecular complexity index is 2450. The van der Waals surface area contributed by atoms with Gasteiger partial charge in [-0.15, -0.1) is 0 Å². The van der Waals surface area contributed by atoms with E-state index >= 15 is 0 Å². The first kappa shape index (κ1) is 47.6. The van der Waals surface area contributed by atoms with Crippen LogP contribution >= 0.6 is 0 Å². The largest absolute Gasteiger partial charge is 0.476 e. The molecule has 0 aliphatic heterocycles. The Balaban J connectivity index is 1.06. The molecule has 3 N–H and O–H groups in total. The summed E-state index contributed by atoms with van der Waals surface area (Å²) in [7, 11) is 0. The standard InChI is InChI=1S/C60H70N4O2/c1-5-7-9-11-13-15-45-62-66-59-43-27-51(28-44-59)49-23-35-55(36-24-49)64(53-31-19-47(4)20-32-53)57-39-37-56(38-40-57)63(52-29-17-46(3)18-30-52)54-33-21-48(22-34-54)50-25-41-58(42-26-50)65-60(61)16-14-12-10-8-6-2/h17-44,60,62H,5-16,45,61H2,1-4H3. The number of unbranched alkanes of at least 4 members (excludes halogenated alkanes) is 9. The zero-order chi connectivity index (χ0) is 45.9. The van der Waals surface area contributed by atoms with Crippen molar-refractivity contribution in [2.75, 3.05) is 16.3 Å². The van der Waals surface area contributed by atoms with Gasteiger partial charge in [0, 0.05) is 40.7 Å². The van der Waals surface area contributed by atoms with E-state index in [2.05, 4.69) is 189 Å². The second kappa shape index (κ2) is 24.8. The number of nitrogens with one attached hydrogen (secondary N) is 1. The first-order valence-corrected chi connectivity index (χ1v) is 24.4. The molecule has 342 valence electrons. The highest BCUT2D eigenvalue weighted by Gasteiger charge is 2.17. The molecule has 0 radical (unpaired) electrons. The molecule has 6 nitrogen and oxygen atoms in total. The summed E-state index contributed by atoms with van der Waals surface area (Å²) in [5.74, 6) is 1.63. The van der Waals surface area contributed by atoms with E-state index in [0.29, 0.717) is 0 Å². The number of nitrogens with two attached hydrogens (primary N) is 1. The highest BCUT2D eigenvalue weighted by molar-refractivity contribution is 5.82. The molecule has 0 aliphatic rings. The maximum absolute atomic E-state index is 6.32. The SMILES string of the molecule is CCCCCCCCNOc1ccc(-c2ccc(N(c3ccc(C)cc3)c3ccc(N(c4ccc(C)cc4)c4ccc(-c5ccc(OC(N)CCCCCCC)cc5)cc4)cc3)cc2)cc1. The quantitative estimate of drug-likeness (QED) is 0.0339. The lowest BCUT2D eigenvalue weighted by Crippen LogP contribution is -2.26. The van der Waals surface area contributed by atoms with Crippen molar-refractivity contribution in [3.8, 4) is 33.8 Å². The van der Waals surface area contributed by atoms with Crippen LogP contribution < -0.4 is 30.6 Å². The van der Waals surface area contributed by atoms with Gasteiger partial charge in [0.1, 0.15) is 17.7 Å². The monoisotopic (exact) mass is 879 g/mol. The number of nitrogens with zero attached hydrogens (tertiary/aromatic N) is 2. The fraction of sp³-hybridized carbons (Fsp3) is 0.300. The van der Waals surface area contributed by atoms with Crippen molar-refractivity contribution in [3.63, 3.8) is 0 Å². The summed E-state index contributed by atoms with van der Waals surface area (Å²) in [5.41, 5.74) is 23.0. The Morgan fingerprint density at radius 2 is 0.712 bits per heavy atom. The second-order valence-corrected chi connectivity index (χ2v) is 17.6. The van der Waals surface area contributed by atoms with Crippen LogP contribution in [0.5, 0.6) is 11.5 Å². The Morgan fingerprint density at radius 3 is 1.12 bits per heavy atom. The van der Waals surface area contributed by atoms with Crippen molar-refractivity contribution in [3.05, 3.63) is 181 Å². The van der Waals surface area contributed by atoms with Gasteiger partial charge in [0.05, 0.1) is 0 Å². The predicted molar refractivity (Wildman–Crippen MR) is 280 cm³/mol. The van der Waals surface area contributed by atoms with Crippen molar-refractivity contribution >= 4 is 34.1 Å². The van der Waals surface area contributed by atoms with Crippen molar-refractivity contribution in [2.24, 2.45) is 5.73 Å². The van der Waals surface area contributed by atoms with Crippen molar-refractivity contribution in [2.45, 2.75) is 111 Å². The second-order valence-electron chi connectivity index (χ2n) is 17.6. The number of aryl methyl sites for hydroxylation is 2. The fourth-order valence-electron chi connectivity index (χ4n) is 8.37. The molecule has 7 aromatic carbocycles. The van der Waals surface area contributed by atoms with E-state index in [0.717, 1.165) is 93.7 Å². The number of rotatable bonds is 25. The number of hydrogen-bond acceptors (Lipinski definition) is 6. The van der Waals surface area contributed by atoms with E-state index in [1.165, 1.54) is 68.9 Å². The summed E-state index contributed by atoms with van der Waals surface area (Å²) in [6.07, 6.45) is 14.3. The topological polar surface area (TPSA) is 63.0 Å². The Hall–Kier alpha value is -6.34. The molecule has 0 bridgehead atoms. The first-order valence-electron chi connectivity index (χ1n) is 24.4. The van der Waals surface area contributed by atoms with Crippen LogP contribution in [0.3, 0.4) is 0 Å². The van der Waals surface area contributed by atoms with Crippen LogP contribution in [0, 0.1) is 13.8 Å². The van der Waals surface area contributed by atoms with Crippen molar-refractivity contribution in [1.29, 1.82) is 0 Å². The number of ether oxygens (including phenoxy) is 1. The molecule has 66 heavy (non-hydrogen) atoms. The number of hydrogen-bond donors (Lipinski definition) is 2. The molecule has 0 heterocycles. The zero-order valence-corrected chi connectivity index (χ0v) is 39.7. The van der Waals surface area contributed by atoms with E-state index in [4.69, 9.17) is 15.3 Å². The molecule has 0 spiro atoms. The van der Waals surface area contributed by atoms with E-state index in [-0.39, 0.29) is 6.23 Å². The number of anilines is 6. The van der Waals surface area contributed by atoms with Crippen LogP contribution in [-0.2, 0) is 0 Å². The minimum atomic E-state index is -0.284. The summed E-state index contributed by atoms with van der Waals surface area (Å²) >= 11 is 0. The third kappa shape index (κ3) is 13.6. The van der Waals surface area contributed by atoms with E-state index in [9.17, 15) is 0 Å². The summed E-state index contributed by atoms with van der Waals surface area (Å²) in [4.78, 5) is 10.5. The smallest absolute Gasteiger partial charge is 0.147 e. The summed E-state index contributed by atoms with van der Waals surface area (Å²) < 4.78 is 6.06. The normalized spacial score (nSPS) is 11.6. The van der Waals surface area contributed by atoms with Crippen LogP contribution in [0.4, 0.5) is 34.1 Å². The number of hydroxylamine groups is 1. The molecular formula is C60H70N4O2. The lowest BCUT2D eigenvalue weighted by molar-refractivity contribution is 0.193. The minimum Gasteiger partial charge on any atom is -0.476 e. The van der Waals surface area contributed by atoms with Crippen LogP contribution in [-0.4, -0.2) is 12.8 Å². The molecule has 7 rings (SSSR count). The van der Waals surface area contributed by atoms with Gasteiger partial charge in [0.2, 0.25) is 0 Å². The lowest BCUT2D eigenvalue weighted by atomic mass is 10.0. The Labute approximate surface area is 395 Å². The van der Waals surface area contributed by atoms with Gasteiger partial charge in [-0.2, -0.15) is 5.48 Å². The van der Waals surface area contributed by atoms with E-state index < -0.39 is 0 Å². The third-order valence-electron chi connectivity index (χ3n) is 12.3. The lowest BCUT2D eigenvalue weighted by Gasteiger charge is -2.28. The Kier molecular flexibility index (Phi) is 17.9. The average molecular weight is 879 g/mol. The molecular weight excluding hydrogens is 809 g/mol. The maximum Gasteiger partial charge on any atom is 0.147 e. The van der Waals surface area contributed by atoms with E-state index in [1.54, 1.807) is 0 Å². The molecule has 0 fully saturated rings. The first-order chi connectivity index (χ1) is 32.4. The van der Waals surface area contributed by atoms with Gasteiger partial charge >= 0.3 is 0 Å². The van der Waals surface area contributed by atoms with Crippen LogP contribution in [0.1, 0.15) is 102 Å². The molecule has 7 aromatic rings. The van der Waals surface area contributed by atoms with Crippen molar-refractivity contribution in [1.82, 2.24) is 5.48 Å². The average Bonchev–Trinajstić information content (AvgIpc) is 3.35. The molecule has 0 saturated carbocycles. The summed E-state index contributed by atoms with van der Waals surface area (Å²) in [6, 6.07) is 60.6. The van der Waals surface area contributed by atoms with Gasteiger partial charge in [0.25, 0.3) is 0 Å². The number of benzene rings is 7. The summed E-state index contributed by atoms with van der Waals surface area (Å²) in [6.45, 7) is 9.61. The van der Waals surface area contributed by atoms with Gasteiger partial charge in [-0.25, -0.2) is 0 Å². The molecule has 0 saturated heterocycles. The molecule has 6 heteroatoms. The molecule has 0 aliphatic carbocycles. The molecule has 0 aromatic heterocycles. The van der Waals surface area contributed by atoms with Gasteiger partial charge in [-0.3, -0.25) is 5.73 Å². The Morgan fingerprint density at radius 1 is 0.394 bits per heavy atom. The summed E-state index contributed by atoms with van der Waals surface area (Å²) in [5, 5.41) is 0. The molecule has 1 atom stereocenters. The zero-order valence-electron chi connectivity index (χ0n) is 39.7. The maximum atomic E-state index is 6.32. The van der Waals surface area contributed by atoms with Gasteiger partial charge in [-0.05, 0) is 152 Å². The van der Waals surface area contributed by atoms with Crippen LogP contribution in [0.2, 0.25) is 0 Å². The minimum absolute atomic E-state index is 0.284. The molecule has 1 unspecified atom stereocenters. The van der Waals surface area contributed by atoms with Gasteiger partial charge in [0.15, 0.2) is 0 Å². The third-order valence-corrected chi connectivity index (χ3v) is 12.3. The predicted octanol–water partition coefficient (Wildman–Crippen LogP) is 16.8. The molecule has 0 amide bonds. The van der Waals surface area contributed by atoms with Crippen molar-refractivity contribution < 1.29 is 9.57 Å². The van der Waals surface area contributed by atoms with Gasteiger partial charge in [-0.1, -0.05) is 156 Å². The van der Waals surface area contributed by atoms with Crippen LogP contribution in [0.25, 0.3) is 22.3 Å². The van der Waals surface area contributed by atoms with E-state index in [1.807, 2.05) is 24.3 Å². The fourth-order valence-corrected chi connectivity index (χ4v) is 8.37. The van der Waals surface area contributed by atoms with Gasteiger partial charge < -0.3 is 19.4 Å². The van der Waals surface area contributed by atoms with Crippen LogP contribution in [0.15, 0.2) is 170 Å².